The minimum Gasteiger partial charge on any atom is -0.489 e. The van der Waals surface area contributed by atoms with Crippen molar-refractivity contribution in [3.05, 3.63) is 24.3 Å². The van der Waals surface area contributed by atoms with Crippen molar-refractivity contribution in [2.24, 2.45) is 12.5 Å². The molecule has 0 atom stereocenters. The number of anilines is 1. The third kappa shape index (κ3) is 2.31. The van der Waals surface area contributed by atoms with Crippen LogP contribution in [-0.2, 0) is 7.05 Å². The zero-order valence-corrected chi connectivity index (χ0v) is 12.0. The third-order valence-corrected chi connectivity index (χ3v) is 3.39. The van der Waals surface area contributed by atoms with Crippen molar-refractivity contribution < 1.29 is 9.47 Å². The van der Waals surface area contributed by atoms with Crippen molar-refractivity contribution >= 4 is 5.82 Å². The summed E-state index contributed by atoms with van der Waals surface area (Å²) in [4.78, 5) is 0. The second kappa shape index (κ2) is 4.44. The van der Waals surface area contributed by atoms with E-state index in [9.17, 15) is 0 Å². The molecule has 1 aliphatic heterocycles. The Morgan fingerprint density at radius 1 is 1.15 bits per heavy atom. The predicted octanol–water partition coefficient (Wildman–Crippen LogP) is 2.47. The minimum absolute atomic E-state index is 0.00854. The van der Waals surface area contributed by atoms with Gasteiger partial charge in [0.05, 0.1) is 18.9 Å². The molecule has 0 spiro atoms. The van der Waals surface area contributed by atoms with E-state index >= 15 is 0 Å². The van der Waals surface area contributed by atoms with E-state index in [1.807, 2.05) is 31.3 Å². The van der Waals surface area contributed by atoms with Gasteiger partial charge < -0.3 is 15.2 Å². The lowest BCUT2D eigenvalue weighted by Gasteiger charge is -2.19. The molecule has 0 bridgehead atoms. The summed E-state index contributed by atoms with van der Waals surface area (Å²) in [7, 11) is 1.82. The number of nitrogens with two attached hydrogens (primary N) is 1. The molecule has 106 valence electrons. The molecule has 3 rings (SSSR count). The van der Waals surface area contributed by atoms with Gasteiger partial charge in [0.25, 0.3) is 0 Å². The molecule has 1 aromatic heterocycles. The van der Waals surface area contributed by atoms with Gasteiger partial charge in [0.1, 0.15) is 5.82 Å². The largest absolute Gasteiger partial charge is 0.489 e. The third-order valence-electron chi connectivity index (χ3n) is 3.39. The van der Waals surface area contributed by atoms with Gasteiger partial charge in [0.2, 0.25) is 0 Å². The van der Waals surface area contributed by atoms with E-state index in [4.69, 9.17) is 15.2 Å². The first-order valence-electron chi connectivity index (χ1n) is 6.64. The first-order valence-corrected chi connectivity index (χ1v) is 6.64. The van der Waals surface area contributed by atoms with Crippen LogP contribution in [0.15, 0.2) is 24.3 Å². The Hall–Kier alpha value is -2.17. The maximum atomic E-state index is 5.87. The zero-order chi connectivity index (χ0) is 14.3. The highest BCUT2D eigenvalue weighted by atomic mass is 16.5. The van der Waals surface area contributed by atoms with Crippen molar-refractivity contribution in [1.82, 2.24) is 9.78 Å². The zero-order valence-electron chi connectivity index (χ0n) is 12.0. The van der Waals surface area contributed by atoms with Crippen LogP contribution in [0.5, 0.6) is 11.5 Å². The van der Waals surface area contributed by atoms with Crippen molar-refractivity contribution in [3.8, 4) is 22.8 Å². The van der Waals surface area contributed by atoms with Gasteiger partial charge in [-0.3, -0.25) is 4.68 Å². The number of rotatable bonds is 1. The van der Waals surface area contributed by atoms with Gasteiger partial charge in [-0.25, -0.2) is 0 Å². The smallest absolute Gasteiger partial charge is 0.161 e. The first kappa shape index (κ1) is 12.8. The van der Waals surface area contributed by atoms with Crippen LogP contribution in [-0.4, -0.2) is 23.0 Å². The number of ether oxygens (including phenoxy) is 2. The molecule has 0 radical (unpaired) electrons. The number of fused-ring (bicyclic) bond motifs is 1. The SMILES string of the molecule is Cn1nc(-c2ccc3c(c2)OCC(C)(C)CO3)cc1N. The second-order valence-corrected chi connectivity index (χ2v) is 5.98. The van der Waals surface area contributed by atoms with Crippen molar-refractivity contribution in [2.45, 2.75) is 13.8 Å². The lowest BCUT2D eigenvalue weighted by Crippen LogP contribution is -2.26. The summed E-state index contributed by atoms with van der Waals surface area (Å²) >= 11 is 0. The fourth-order valence-electron chi connectivity index (χ4n) is 2.11. The molecule has 1 aromatic carbocycles. The van der Waals surface area contributed by atoms with Gasteiger partial charge in [-0.15, -0.1) is 0 Å². The number of nitrogen functional groups attached to an aromatic ring is 1. The molecule has 20 heavy (non-hydrogen) atoms. The molecule has 1 aliphatic rings. The lowest BCUT2D eigenvalue weighted by atomic mass is 9.97. The number of hydrogen-bond acceptors (Lipinski definition) is 4. The lowest BCUT2D eigenvalue weighted by molar-refractivity contribution is 0.140. The summed E-state index contributed by atoms with van der Waals surface area (Å²) in [6.07, 6.45) is 0. The number of aromatic nitrogens is 2. The number of hydrogen-bond donors (Lipinski definition) is 1. The normalized spacial score (nSPS) is 16.8. The minimum atomic E-state index is 0.00854. The molecule has 2 aromatic rings. The van der Waals surface area contributed by atoms with Gasteiger partial charge in [0, 0.05) is 24.1 Å². The van der Waals surface area contributed by atoms with E-state index < -0.39 is 0 Å². The Morgan fingerprint density at radius 2 is 1.85 bits per heavy atom. The predicted molar refractivity (Wildman–Crippen MR) is 77.8 cm³/mol. The van der Waals surface area contributed by atoms with E-state index in [1.54, 1.807) is 4.68 Å². The van der Waals surface area contributed by atoms with Crippen LogP contribution >= 0.6 is 0 Å². The van der Waals surface area contributed by atoms with E-state index in [2.05, 4.69) is 18.9 Å². The van der Waals surface area contributed by atoms with Gasteiger partial charge in [-0.2, -0.15) is 5.10 Å². The highest BCUT2D eigenvalue weighted by molar-refractivity contribution is 5.66. The highest BCUT2D eigenvalue weighted by Gasteiger charge is 2.25. The summed E-state index contributed by atoms with van der Waals surface area (Å²) < 4.78 is 13.3. The van der Waals surface area contributed by atoms with Gasteiger partial charge >= 0.3 is 0 Å². The van der Waals surface area contributed by atoms with Gasteiger partial charge in [0.15, 0.2) is 11.5 Å². The van der Waals surface area contributed by atoms with E-state index in [0.717, 1.165) is 22.8 Å². The fraction of sp³-hybridized carbons (Fsp3) is 0.400. The molecule has 0 saturated heterocycles. The Labute approximate surface area is 118 Å². The summed E-state index contributed by atoms with van der Waals surface area (Å²) in [6.45, 7) is 5.53. The van der Waals surface area contributed by atoms with Crippen LogP contribution in [0.1, 0.15) is 13.8 Å². The molecule has 2 N–H and O–H groups in total. The van der Waals surface area contributed by atoms with E-state index in [-0.39, 0.29) is 5.41 Å². The van der Waals surface area contributed by atoms with E-state index in [0.29, 0.717) is 19.0 Å². The van der Waals surface area contributed by atoms with Gasteiger partial charge in [-0.1, -0.05) is 13.8 Å². The topological polar surface area (TPSA) is 62.3 Å². The monoisotopic (exact) mass is 273 g/mol. The molecule has 0 amide bonds. The quantitative estimate of drug-likeness (QED) is 0.867. The summed E-state index contributed by atoms with van der Waals surface area (Å²) in [5.41, 5.74) is 7.63. The van der Waals surface area contributed by atoms with Crippen LogP contribution in [0.25, 0.3) is 11.3 Å². The average Bonchev–Trinajstić information content (AvgIpc) is 2.65. The summed E-state index contributed by atoms with van der Waals surface area (Å²) in [6, 6.07) is 7.71. The molecule has 0 unspecified atom stereocenters. The van der Waals surface area contributed by atoms with Crippen LogP contribution in [0, 0.1) is 5.41 Å². The standard InChI is InChI=1S/C15H19N3O2/c1-15(2)8-19-12-5-4-10(6-13(12)20-9-15)11-7-14(16)18(3)17-11/h4-7H,8-9,16H2,1-3H3. The van der Waals surface area contributed by atoms with Crippen molar-refractivity contribution in [3.63, 3.8) is 0 Å². The van der Waals surface area contributed by atoms with Crippen LogP contribution in [0.2, 0.25) is 0 Å². The number of aryl methyl sites for hydroxylation is 1. The molecule has 0 saturated carbocycles. The maximum Gasteiger partial charge on any atom is 0.161 e. The first-order chi connectivity index (χ1) is 9.44. The van der Waals surface area contributed by atoms with Crippen LogP contribution in [0.3, 0.4) is 0 Å². The molecule has 0 fully saturated rings. The highest BCUT2D eigenvalue weighted by Crippen LogP contribution is 2.36. The maximum absolute atomic E-state index is 5.87. The Morgan fingerprint density at radius 3 is 2.50 bits per heavy atom. The van der Waals surface area contributed by atoms with Crippen molar-refractivity contribution in [1.29, 1.82) is 0 Å². The Balaban J connectivity index is 1.96. The average molecular weight is 273 g/mol. The van der Waals surface area contributed by atoms with Crippen LogP contribution in [0.4, 0.5) is 5.82 Å². The summed E-state index contributed by atoms with van der Waals surface area (Å²) in [5.74, 6) is 2.17. The van der Waals surface area contributed by atoms with Crippen molar-refractivity contribution in [2.75, 3.05) is 18.9 Å². The molecular formula is C15H19N3O2. The second-order valence-electron chi connectivity index (χ2n) is 5.98. The number of benzene rings is 1. The molecular weight excluding hydrogens is 254 g/mol. The Bertz CT molecular complexity index is 627. The van der Waals surface area contributed by atoms with Gasteiger partial charge in [-0.05, 0) is 18.2 Å². The van der Waals surface area contributed by atoms with Crippen LogP contribution < -0.4 is 15.2 Å². The Kier molecular flexibility index (Phi) is 2.85. The molecule has 5 nitrogen and oxygen atoms in total. The molecule has 0 aliphatic carbocycles. The molecule has 5 heteroatoms. The summed E-state index contributed by atoms with van der Waals surface area (Å²) in [5, 5.41) is 4.38. The fourth-order valence-corrected chi connectivity index (χ4v) is 2.11. The molecule has 2 heterocycles. The van der Waals surface area contributed by atoms with E-state index in [1.165, 1.54) is 0 Å². The number of nitrogens with zero attached hydrogens (tertiary/aromatic N) is 2.